The maximum atomic E-state index is 11.0. The average molecular weight is 276 g/mol. The number of rotatable bonds is 6. The van der Waals surface area contributed by atoms with Crippen molar-refractivity contribution in [3.8, 4) is 0 Å². The second-order valence-electron chi connectivity index (χ2n) is 5.02. The Balaban J connectivity index is 2.55. The summed E-state index contributed by atoms with van der Waals surface area (Å²) in [6.45, 7) is 5.03. The van der Waals surface area contributed by atoms with E-state index >= 15 is 0 Å². The molecular weight excluding hydrogens is 256 g/mol. The second-order valence-corrected chi connectivity index (χ2v) is 5.02. The van der Waals surface area contributed by atoms with Crippen molar-refractivity contribution in [2.75, 3.05) is 6.61 Å². The summed E-state index contributed by atoms with van der Waals surface area (Å²) in [5, 5.41) is 18.1. The smallest absolute Gasteiger partial charge is 0.335 e. The lowest BCUT2D eigenvalue weighted by atomic mass is 10.1. The van der Waals surface area contributed by atoms with E-state index in [-0.39, 0.29) is 12.2 Å². The van der Waals surface area contributed by atoms with Crippen molar-refractivity contribution in [3.63, 3.8) is 0 Å². The van der Waals surface area contributed by atoms with Gasteiger partial charge in [0.15, 0.2) is 0 Å². The summed E-state index contributed by atoms with van der Waals surface area (Å²) in [6, 6.07) is 5.01. The molecule has 0 saturated heterocycles. The number of aliphatic hydroxyl groups excluding tert-OH is 1. The normalized spacial score (nSPS) is 12.8. The van der Waals surface area contributed by atoms with Crippen molar-refractivity contribution < 1.29 is 15.0 Å². The van der Waals surface area contributed by atoms with Crippen molar-refractivity contribution in [3.05, 3.63) is 29.6 Å². The maximum absolute atomic E-state index is 11.0. The number of aliphatic hydroxyl groups is 1. The number of imidazole rings is 1. The number of hydrogen-bond acceptors (Lipinski definition) is 3. The molecule has 1 unspecified atom stereocenters. The van der Waals surface area contributed by atoms with Gasteiger partial charge < -0.3 is 14.8 Å². The molecule has 2 rings (SSSR count). The fourth-order valence-electron chi connectivity index (χ4n) is 2.30. The summed E-state index contributed by atoms with van der Waals surface area (Å²) in [7, 11) is 0. The number of hydrogen-bond donors (Lipinski definition) is 2. The van der Waals surface area contributed by atoms with Gasteiger partial charge in [-0.3, -0.25) is 0 Å². The highest BCUT2D eigenvalue weighted by atomic mass is 16.4. The molecule has 5 heteroatoms. The van der Waals surface area contributed by atoms with Gasteiger partial charge >= 0.3 is 5.97 Å². The Morgan fingerprint density at radius 1 is 1.45 bits per heavy atom. The number of carboxylic acids is 1. The van der Waals surface area contributed by atoms with Crippen LogP contribution in [0.4, 0.5) is 0 Å². The molecule has 108 valence electrons. The minimum absolute atomic E-state index is 0.132. The van der Waals surface area contributed by atoms with Crippen molar-refractivity contribution in [2.24, 2.45) is 0 Å². The Morgan fingerprint density at radius 3 is 2.80 bits per heavy atom. The molecule has 0 radical (unpaired) electrons. The van der Waals surface area contributed by atoms with E-state index in [1.54, 1.807) is 18.2 Å². The molecule has 0 saturated carbocycles. The summed E-state index contributed by atoms with van der Waals surface area (Å²) in [5.41, 5.74) is 1.89. The van der Waals surface area contributed by atoms with Crippen LogP contribution in [0.15, 0.2) is 18.2 Å². The van der Waals surface area contributed by atoms with Gasteiger partial charge in [0.2, 0.25) is 0 Å². The molecular formula is C15H20N2O3. The first kappa shape index (κ1) is 14.5. The van der Waals surface area contributed by atoms with Crippen molar-refractivity contribution in [1.82, 2.24) is 9.55 Å². The van der Waals surface area contributed by atoms with Crippen LogP contribution in [0.5, 0.6) is 0 Å². The lowest BCUT2D eigenvalue weighted by Crippen LogP contribution is -2.08. The molecule has 0 aliphatic heterocycles. The van der Waals surface area contributed by atoms with Crippen LogP contribution in [0.1, 0.15) is 48.8 Å². The standard InChI is InChI=1S/C15H20N2O3/c1-3-10(2)14-16-12-9-11(15(19)20)5-6-13(12)17(14)7-4-8-18/h5-6,9-10,18H,3-4,7-8H2,1-2H3,(H,19,20). The Bertz CT molecular complexity index is 619. The van der Waals surface area contributed by atoms with Crippen LogP contribution >= 0.6 is 0 Å². The van der Waals surface area contributed by atoms with Gasteiger partial charge in [-0.25, -0.2) is 9.78 Å². The van der Waals surface area contributed by atoms with Crippen molar-refractivity contribution in [2.45, 2.75) is 39.2 Å². The third kappa shape index (κ3) is 2.67. The van der Waals surface area contributed by atoms with Crippen LogP contribution in [0, 0.1) is 0 Å². The topological polar surface area (TPSA) is 75.3 Å². The van der Waals surface area contributed by atoms with E-state index in [2.05, 4.69) is 23.4 Å². The molecule has 20 heavy (non-hydrogen) atoms. The molecule has 5 nitrogen and oxygen atoms in total. The van der Waals surface area contributed by atoms with Gasteiger partial charge in [0, 0.05) is 19.1 Å². The van der Waals surface area contributed by atoms with Crippen LogP contribution in [-0.4, -0.2) is 32.3 Å². The monoisotopic (exact) mass is 276 g/mol. The second kappa shape index (κ2) is 6.05. The summed E-state index contributed by atoms with van der Waals surface area (Å²) in [4.78, 5) is 15.6. The molecule has 1 aromatic heterocycles. The first-order valence-corrected chi connectivity index (χ1v) is 6.92. The summed E-state index contributed by atoms with van der Waals surface area (Å²) in [5.74, 6) is 0.315. The molecule has 1 aromatic carbocycles. The zero-order chi connectivity index (χ0) is 14.7. The number of carbonyl (C=O) groups is 1. The molecule has 0 aliphatic carbocycles. The molecule has 1 atom stereocenters. The maximum Gasteiger partial charge on any atom is 0.335 e. The van der Waals surface area contributed by atoms with E-state index in [4.69, 9.17) is 10.2 Å². The number of fused-ring (bicyclic) bond motifs is 1. The van der Waals surface area contributed by atoms with Gasteiger partial charge in [-0.05, 0) is 31.0 Å². The minimum atomic E-state index is -0.943. The fourth-order valence-corrected chi connectivity index (χ4v) is 2.30. The molecule has 2 N–H and O–H groups in total. The molecule has 0 spiro atoms. The Morgan fingerprint density at radius 2 is 2.20 bits per heavy atom. The highest BCUT2D eigenvalue weighted by Gasteiger charge is 2.16. The molecule has 2 aromatic rings. The fraction of sp³-hybridized carbons (Fsp3) is 0.467. The van der Waals surface area contributed by atoms with Crippen molar-refractivity contribution in [1.29, 1.82) is 0 Å². The highest BCUT2D eigenvalue weighted by Crippen LogP contribution is 2.25. The molecule has 0 amide bonds. The van der Waals surface area contributed by atoms with E-state index in [1.165, 1.54) is 0 Å². The van der Waals surface area contributed by atoms with Crippen LogP contribution in [0.25, 0.3) is 11.0 Å². The quantitative estimate of drug-likeness (QED) is 0.850. The lowest BCUT2D eigenvalue weighted by molar-refractivity contribution is 0.0697. The number of aromatic nitrogens is 2. The number of aryl methyl sites for hydroxylation is 1. The molecule has 0 fully saturated rings. The predicted octanol–water partition coefficient (Wildman–Crippen LogP) is 2.63. The van der Waals surface area contributed by atoms with Gasteiger partial charge in [0.1, 0.15) is 5.82 Å². The summed E-state index contributed by atoms with van der Waals surface area (Å²) < 4.78 is 2.09. The number of carboxylic acid groups (broad SMARTS) is 1. The SMILES string of the molecule is CCC(C)c1nc2cc(C(=O)O)ccc2n1CCCO. The lowest BCUT2D eigenvalue weighted by Gasteiger charge is -2.12. The largest absolute Gasteiger partial charge is 0.478 e. The van der Waals surface area contributed by atoms with Gasteiger partial charge in [-0.15, -0.1) is 0 Å². The van der Waals surface area contributed by atoms with E-state index in [0.29, 0.717) is 24.4 Å². The van der Waals surface area contributed by atoms with Gasteiger partial charge in [0.25, 0.3) is 0 Å². The summed E-state index contributed by atoms with van der Waals surface area (Å²) >= 11 is 0. The average Bonchev–Trinajstić information content (AvgIpc) is 2.81. The Kier molecular flexibility index (Phi) is 4.39. The van der Waals surface area contributed by atoms with Crippen molar-refractivity contribution >= 4 is 17.0 Å². The Hall–Kier alpha value is -1.88. The van der Waals surface area contributed by atoms with Crippen LogP contribution in [-0.2, 0) is 6.54 Å². The minimum Gasteiger partial charge on any atom is -0.478 e. The zero-order valence-electron chi connectivity index (χ0n) is 11.8. The van der Waals surface area contributed by atoms with Gasteiger partial charge in [-0.1, -0.05) is 13.8 Å². The van der Waals surface area contributed by atoms with E-state index in [1.807, 2.05) is 0 Å². The van der Waals surface area contributed by atoms with Crippen LogP contribution in [0.3, 0.4) is 0 Å². The predicted molar refractivity (Wildman–Crippen MR) is 77.1 cm³/mol. The van der Waals surface area contributed by atoms with E-state index in [9.17, 15) is 4.79 Å². The Labute approximate surface area is 117 Å². The van der Waals surface area contributed by atoms with Gasteiger partial charge in [-0.2, -0.15) is 0 Å². The summed E-state index contributed by atoms with van der Waals surface area (Å²) in [6.07, 6.45) is 1.63. The third-order valence-corrected chi connectivity index (χ3v) is 3.62. The van der Waals surface area contributed by atoms with E-state index in [0.717, 1.165) is 17.8 Å². The molecule has 0 aliphatic rings. The third-order valence-electron chi connectivity index (χ3n) is 3.62. The first-order chi connectivity index (χ1) is 9.58. The first-order valence-electron chi connectivity index (χ1n) is 6.92. The molecule has 1 heterocycles. The molecule has 0 bridgehead atoms. The number of nitrogens with zero attached hydrogens (tertiary/aromatic N) is 2. The highest BCUT2D eigenvalue weighted by molar-refractivity contribution is 5.92. The van der Waals surface area contributed by atoms with Crippen LogP contribution < -0.4 is 0 Å². The van der Waals surface area contributed by atoms with E-state index < -0.39 is 5.97 Å². The number of benzene rings is 1. The zero-order valence-corrected chi connectivity index (χ0v) is 11.8. The number of aromatic carboxylic acids is 1. The van der Waals surface area contributed by atoms with Crippen LogP contribution in [0.2, 0.25) is 0 Å². The van der Waals surface area contributed by atoms with Gasteiger partial charge in [0.05, 0.1) is 16.6 Å².